The summed E-state index contributed by atoms with van der Waals surface area (Å²) in [4.78, 5) is 25.2. The average Bonchev–Trinajstić information content (AvgIpc) is 2.85. The zero-order valence-electron chi connectivity index (χ0n) is 14.3. The molecule has 2 heterocycles. The highest BCUT2D eigenvalue weighted by atomic mass is 16.6. The van der Waals surface area contributed by atoms with Crippen molar-refractivity contribution in [2.75, 3.05) is 20.2 Å². The quantitative estimate of drug-likeness (QED) is 0.791. The van der Waals surface area contributed by atoms with Gasteiger partial charge in [0.25, 0.3) is 0 Å². The second kappa shape index (κ2) is 5.81. The van der Waals surface area contributed by atoms with Gasteiger partial charge in [-0.15, -0.1) is 0 Å². The first-order valence-corrected chi connectivity index (χ1v) is 7.82. The van der Waals surface area contributed by atoms with E-state index in [1.165, 1.54) is 7.11 Å². The highest BCUT2D eigenvalue weighted by molar-refractivity contribution is 5.94. The molecule has 1 aromatic heterocycles. The van der Waals surface area contributed by atoms with Gasteiger partial charge in [0.15, 0.2) is 0 Å². The minimum Gasteiger partial charge on any atom is -0.465 e. The molecule has 24 heavy (non-hydrogen) atoms. The van der Waals surface area contributed by atoms with Crippen molar-refractivity contribution >= 4 is 23.0 Å². The number of aromatic nitrogens is 2. The Bertz CT molecular complexity index is 785. The molecular weight excluding hydrogens is 310 g/mol. The molecule has 7 nitrogen and oxygen atoms in total. The van der Waals surface area contributed by atoms with Crippen molar-refractivity contribution in [3.63, 3.8) is 0 Å². The highest BCUT2D eigenvalue weighted by Gasteiger charge is 2.35. The Morgan fingerprint density at radius 2 is 1.96 bits per heavy atom. The first-order valence-electron chi connectivity index (χ1n) is 7.82. The molecule has 0 atom stereocenters. The topological polar surface area (TPSA) is 73.7 Å². The molecule has 1 fully saturated rings. The van der Waals surface area contributed by atoms with E-state index in [0.29, 0.717) is 18.7 Å². The summed E-state index contributed by atoms with van der Waals surface area (Å²) in [6.45, 7) is 6.67. The van der Waals surface area contributed by atoms with Crippen LogP contribution < -0.4 is 0 Å². The molecule has 1 aliphatic heterocycles. The van der Waals surface area contributed by atoms with Gasteiger partial charge in [-0.3, -0.25) is 4.68 Å². The summed E-state index contributed by atoms with van der Waals surface area (Å²) < 4.78 is 11.9. The number of hydrogen-bond acceptors (Lipinski definition) is 5. The molecule has 0 bridgehead atoms. The van der Waals surface area contributed by atoms with Crippen molar-refractivity contribution in [2.45, 2.75) is 32.4 Å². The molecule has 0 unspecified atom stereocenters. The Kier molecular flexibility index (Phi) is 3.95. The number of ether oxygens (including phenoxy) is 2. The third kappa shape index (κ3) is 3.20. The zero-order valence-corrected chi connectivity index (χ0v) is 14.3. The van der Waals surface area contributed by atoms with Gasteiger partial charge in [0, 0.05) is 24.7 Å². The lowest BCUT2D eigenvalue weighted by molar-refractivity contribution is -0.000306. The van der Waals surface area contributed by atoms with Crippen LogP contribution in [0.15, 0.2) is 24.4 Å². The van der Waals surface area contributed by atoms with Crippen molar-refractivity contribution in [1.82, 2.24) is 14.7 Å². The predicted molar refractivity (Wildman–Crippen MR) is 87.9 cm³/mol. The summed E-state index contributed by atoms with van der Waals surface area (Å²) in [5.74, 6) is -0.371. The number of rotatable bonds is 2. The number of nitrogens with zero attached hydrogens (tertiary/aromatic N) is 3. The molecule has 0 radical (unpaired) electrons. The minimum absolute atomic E-state index is 0.117. The van der Waals surface area contributed by atoms with E-state index < -0.39 is 5.60 Å². The zero-order chi connectivity index (χ0) is 17.5. The monoisotopic (exact) mass is 331 g/mol. The van der Waals surface area contributed by atoms with Gasteiger partial charge in [0.05, 0.1) is 24.2 Å². The molecule has 0 aliphatic carbocycles. The van der Waals surface area contributed by atoms with E-state index >= 15 is 0 Å². The van der Waals surface area contributed by atoms with Crippen LogP contribution >= 0.6 is 0 Å². The van der Waals surface area contributed by atoms with Crippen LogP contribution in [0.25, 0.3) is 10.9 Å². The summed E-state index contributed by atoms with van der Waals surface area (Å²) >= 11 is 0. The van der Waals surface area contributed by atoms with Crippen molar-refractivity contribution < 1.29 is 19.1 Å². The third-order valence-corrected chi connectivity index (χ3v) is 3.83. The molecule has 2 aromatic rings. The number of benzene rings is 1. The van der Waals surface area contributed by atoms with Crippen molar-refractivity contribution in [1.29, 1.82) is 0 Å². The molecule has 1 amide bonds. The number of hydrogen-bond donors (Lipinski definition) is 0. The Hall–Kier alpha value is -2.57. The lowest BCUT2D eigenvalue weighted by Crippen LogP contribution is -2.52. The molecule has 0 saturated carbocycles. The lowest BCUT2D eigenvalue weighted by atomic mass is 10.1. The van der Waals surface area contributed by atoms with Gasteiger partial charge >= 0.3 is 12.1 Å². The fraction of sp³-hybridized carbons (Fsp3) is 0.471. The van der Waals surface area contributed by atoms with Crippen LogP contribution in [0.4, 0.5) is 4.79 Å². The molecule has 3 rings (SSSR count). The maximum Gasteiger partial charge on any atom is 0.410 e. The van der Waals surface area contributed by atoms with Gasteiger partial charge in [-0.05, 0) is 39.0 Å². The molecule has 128 valence electrons. The highest BCUT2D eigenvalue weighted by Crippen LogP contribution is 2.25. The SMILES string of the molecule is COC(=O)c1ccc2nn(C3CN(C(=O)OC(C)(C)C)C3)cc2c1. The number of carbonyl (C=O) groups excluding carboxylic acids is 2. The second-order valence-corrected chi connectivity index (χ2v) is 6.91. The van der Waals surface area contributed by atoms with Gasteiger partial charge < -0.3 is 14.4 Å². The maximum atomic E-state index is 12.0. The fourth-order valence-electron chi connectivity index (χ4n) is 2.57. The first-order chi connectivity index (χ1) is 11.3. The molecule has 7 heteroatoms. The van der Waals surface area contributed by atoms with Crippen molar-refractivity contribution in [2.24, 2.45) is 0 Å². The van der Waals surface area contributed by atoms with Gasteiger partial charge in [-0.2, -0.15) is 5.10 Å². The summed E-state index contributed by atoms with van der Waals surface area (Å²) in [5, 5.41) is 5.38. The largest absolute Gasteiger partial charge is 0.465 e. The average molecular weight is 331 g/mol. The van der Waals surface area contributed by atoms with Crippen molar-refractivity contribution in [3.05, 3.63) is 30.0 Å². The van der Waals surface area contributed by atoms with Crippen LogP contribution in [0.3, 0.4) is 0 Å². The van der Waals surface area contributed by atoms with Crippen LogP contribution in [-0.2, 0) is 9.47 Å². The van der Waals surface area contributed by atoms with Gasteiger partial charge in [0.1, 0.15) is 5.60 Å². The molecule has 0 N–H and O–H groups in total. The number of fused-ring (bicyclic) bond motifs is 1. The first kappa shape index (κ1) is 16.3. The summed E-state index contributed by atoms with van der Waals surface area (Å²) in [6.07, 6.45) is 1.59. The normalized spacial score (nSPS) is 15.2. The number of carbonyl (C=O) groups is 2. The van der Waals surface area contributed by atoms with Crippen LogP contribution in [0.5, 0.6) is 0 Å². The Morgan fingerprint density at radius 3 is 2.58 bits per heavy atom. The van der Waals surface area contributed by atoms with E-state index in [1.807, 2.05) is 31.6 Å². The Labute approximate surface area is 140 Å². The fourth-order valence-corrected chi connectivity index (χ4v) is 2.57. The summed E-state index contributed by atoms with van der Waals surface area (Å²) in [5.41, 5.74) is 0.805. The predicted octanol–water partition coefficient (Wildman–Crippen LogP) is 2.61. The standard InChI is InChI=1S/C17H21N3O4/c1-17(2,3)24-16(22)19-9-13(10-19)20-8-12-7-11(15(21)23-4)5-6-14(12)18-20/h5-8,13H,9-10H2,1-4H3. The number of esters is 1. The third-order valence-electron chi connectivity index (χ3n) is 3.83. The van der Waals surface area contributed by atoms with Crippen LogP contribution in [0, 0.1) is 0 Å². The molecule has 1 aliphatic rings. The molecule has 0 spiro atoms. The molecule has 1 aromatic carbocycles. The number of methoxy groups -OCH3 is 1. The lowest BCUT2D eigenvalue weighted by Gasteiger charge is -2.39. The van der Waals surface area contributed by atoms with Crippen LogP contribution in [0.2, 0.25) is 0 Å². The van der Waals surface area contributed by atoms with Gasteiger partial charge in [-0.1, -0.05) is 0 Å². The second-order valence-electron chi connectivity index (χ2n) is 6.91. The van der Waals surface area contributed by atoms with Crippen molar-refractivity contribution in [3.8, 4) is 0 Å². The van der Waals surface area contributed by atoms with E-state index in [9.17, 15) is 9.59 Å². The Morgan fingerprint density at radius 1 is 1.25 bits per heavy atom. The minimum atomic E-state index is -0.493. The van der Waals surface area contributed by atoms with E-state index in [0.717, 1.165) is 10.9 Å². The maximum absolute atomic E-state index is 12.0. The van der Waals surface area contributed by atoms with E-state index in [2.05, 4.69) is 5.10 Å². The number of likely N-dealkylation sites (tertiary alicyclic amines) is 1. The molecular formula is C17H21N3O4. The van der Waals surface area contributed by atoms with Gasteiger partial charge in [0.2, 0.25) is 0 Å². The smallest absolute Gasteiger partial charge is 0.410 e. The van der Waals surface area contributed by atoms with Crippen LogP contribution in [-0.4, -0.2) is 52.5 Å². The Balaban J connectivity index is 1.69. The summed E-state index contributed by atoms with van der Waals surface area (Å²) in [7, 11) is 1.36. The van der Waals surface area contributed by atoms with Gasteiger partial charge in [-0.25, -0.2) is 9.59 Å². The van der Waals surface area contributed by atoms with E-state index in [-0.39, 0.29) is 18.1 Å². The number of amides is 1. The van der Waals surface area contributed by atoms with E-state index in [1.54, 1.807) is 23.1 Å². The van der Waals surface area contributed by atoms with E-state index in [4.69, 9.17) is 9.47 Å². The molecule has 1 saturated heterocycles. The summed E-state index contributed by atoms with van der Waals surface area (Å²) in [6, 6.07) is 5.36. The van der Waals surface area contributed by atoms with Crippen LogP contribution in [0.1, 0.15) is 37.2 Å².